The lowest BCUT2D eigenvalue weighted by molar-refractivity contribution is -0.200. The molecule has 0 radical (unpaired) electrons. The molecule has 1 fully saturated rings. The Morgan fingerprint density at radius 3 is 2.53 bits per heavy atom. The minimum absolute atomic E-state index is 0.0150. The summed E-state index contributed by atoms with van der Waals surface area (Å²) < 4.78 is 46.2. The maximum atomic E-state index is 13.4. The van der Waals surface area contributed by atoms with Crippen LogP contribution in [0.4, 0.5) is 19.1 Å². The Bertz CT molecular complexity index is 1390. The topological polar surface area (TPSA) is 113 Å². The molecule has 1 saturated heterocycles. The van der Waals surface area contributed by atoms with Crippen LogP contribution < -0.4 is 26.3 Å². The van der Waals surface area contributed by atoms with Gasteiger partial charge in [-0.05, 0) is 19.1 Å². The number of hydrogen-bond acceptors (Lipinski definition) is 8. The van der Waals surface area contributed by atoms with Crippen molar-refractivity contribution in [2.24, 2.45) is 0 Å². The lowest BCUT2D eigenvalue weighted by atomic mass is 10.3. The number of alkyl halides is 3. The maximum Gasteiger partial charge on any atom is 0.493 e. The molecule has 1 N–H and O–H groups in total. The smallest absolute Gasteiger partial charge is 0.380 e. The molecule has 0 aliphatic carbocycles. The molecule has 0 atom stereocenters. The number of carbonyl (C=O) groups excluding carboxylic acids is 1. The van der Waals surface area contributed by atoms with Gasteiger partial charge in [-0.15, -0.1) is 0 Å². The molecule has 0 unspecified atom stereocenters. The van der Waals surface area contributed by atoms with Crippen molar-refractivity contribution >= 4 is 34.7 Å². The molecule has 194 valence electrons. The average Bonchev–Trinajstić information content (AvgIpc) is 3.24. The number of imidazole rings is 1. The van der Waals surface area contributed by atoms with E-state index in [1.807, 2.05) is 4.90 Å². The van der Waals surface area contributed by atoms with E-state index in [-0.39, 0.29) is 40.0 Å². The Labute approximate surface area is 206 Å². The van der Waals surface area contributed by atoms with Crippen LogP contribution in [0.3, 0.4) is 0 Å². The molecular formula is C21H22ClF3N6O5. The summed E-state index contributed by atoms with van der Waals surface area (Å²) in [4.78, 5) is 48.7. The third-order valence-electron chi connectivity index (χ3n) is 5.45. The van der Waals surface area contributed by atoms with Crippen molar-refractivity contribution in [2.45, 2.75) is 19.6 Å². The Morgan fingerprint density at radius 2 is 1.89 bits per heavy atom. The number of hydrogen-bond donors (Lipinski definition) is 1. The highest BCUT2D eigenvalue weighted by Gasteiger charge is 2.43. The zero-order valence-corrected chi connectivity index (χ0v) is 19.8. The number of anilines is 1. The number of benzene rings is 1. The zero-order chi connectivity index (χ0) is 26.0. The fourth-order valence-corrected chi connectivity index (χ4v) is 4.04. The number of fused-ring (bicyclic) bond motifs is 1. The van der Waals surface area contributed by atoms with E-state index in [9.17, 15) is 27.6 Å². The predicted molar refractivity (Wildman–Crippen MR) is 124 cm³/mol. The van der Waals surface area contributed by atoms with Gasteiger partial charge in [0, 0.05) is 32.8 Å². The summed E-state index contributed by atoms with van der Waals surface area (Å²) in [6.07, 6.45) is -5.44. The van der Waals surface area contributed by atoms with Crippen LogP contribution in [0.2, 0.25) is 5.02 Å². The minimum Gasteiger partial charge on any atom is -0.380 e. The SMILES string of the molecule is CCOCCn1c(=O)n(OC(=O)C(F)(F)F)c(=O)c2c1nc(N1CCNCC1)n2-c1ccccc1Cl. The lowest BCUT2D eigenvalue weighted by Gasteiger charge is -2.28. The van der Waals surface area contributed by atoms with Crippen LogP contribution >= 0.6 is 11.6 Å². The van der Waals surface area contributed by atoms with E-state index in [4.69, 9.17) is 16.3 Å². The predicted octanol–water partition coefficient (Wildman–Crippen LogP) is 0.966. The van der Waals surface area contributed by atoms with Gasteiger partial charge in [0.05, 0.1) is 23.9 Å². The molecule has 0 amide bonds. The first kappa shape index (κ1) is 25.7. The number of piperazine rings is 1. The number of rotatable bonds is 7. The molecule has 1 aliphatic heterocycles. The standard InChI is InChI=1S/C21H22ClF3N6O5/c1-2-35-12-11-29-16-15(17(32)31(20(29)34)36-18(33)21(23,24)25)30(14-6-4-3-5-13(14)22)19(27-16)28-9-7-26-8-10-28/h3-6,26H,2,7-12H2,1H3. The van der Waals surface area contributed by atoms with Crippen molar-refractivity contribution in [3.8, 4) is 5.69 Å². The molecule has 3 aromatic rings. The van der Waals surface area contributed by atoms with Gasteiger partial charge in [0.2, 0.25) is 5.95 Å². The van der Waals surface area contributed by atoms with Crippen LogP contribution in [-0.4, -0.2) is 70.4 Å². The van der Waals surface area contributed by atoms with Crippen LogP contribution in [-0.2, 0) is 16.1 Å². The first-order valence-corrected chi connectivity index (χ1v) is 11.4. The summed E-state index contributed by atoms with van der Waals surface area (Å²) in [5.41, 5.74) is -2.70. The quantitative estimate of drug-likeness (QED) is 0.450. The normalized spacial score (nSPS) is 14.4. The van der Waals surface area contributed by atoms with Crippen molar-refractivity contribution in [2.75, 3.05) is 44.3 Å². The Hall–Kier alpha value is -3.36. The summed E-state index contributed by atoms with van der Waals surface area (Å²) in [7, 11) is 0. The number of nitrogens with one attached hydrogen (secondary N) is 1. The summed E-state index contributed by atoms with van der Waals surface area (Å²) in [6, 6.07) is 6.48. The Morgan fingerprint density at radius 1 is 1.19 bits per heavy atom. The van der Waals surface area contributed by atoms with Crippen molar-refractivity contribution in [3.05, 3.63) is 50.1 Å². The summed E-state index contributed by atoms with van der Waals surface area (Å²) in [6.45, 7) is 4.04. The second-order valence-corrected chi connectivity index (χ2v) is 8.12. The van der Waals surface area contributed by atoms with Gasteiger partial charge in [0.15, 0.2) is 11.2 Å². The van der Waals surface area contributed by atoms with Crippen LogP contribution in [0.1, 0.15) is 6.92 Å². The van der Waals surface area contributed by atoms with Gasteiger partial charge in [-0.3, -0.25) is 13.9 Å². The molecule has 1 aromatic carbocycles. The molecule has 0 bridgehead atoms. The number of carbonyl (C=O) groups is 1. The molecule has 15 heteroatoms. The second kappa shape index (κ2) is 10.3. The van der Waals surface area contributed by atoms with E-state index < -0.39 is 23.4 Å². The van der Waals surface area contributed by atoms with E-state index in [0.717, 1.165) is 4.57 Å². The highest BCUT2D eigenvalue weighted by molar-refractivity contribution is 6.32. The van der Waals surface area contributed by atoms with Crippen LogP contribution in [0.15, 0.2) is 33.9 Å². The van der Waals surface area contributed by atoms with Crippen LogP contribution in [0.5, 0.6) is 0 Å². The molecule has 11 nitrogen and oxygen atoms in total. The van der Waals surface area contributed by atoms with Gasteiger partial charge in [-0.25, -0.2) is 9.59 Å². The van der Waals surface area contributed by atoms with Crippen LogP contribution in [0, 0.1) is 0 Å². The van der Waals surface area contributed by atoms with E-state index in [1.165, 1.54) is 4.57 Å². The van der Waals surface area contributed by atoms with Gasteiger partial charge in [-0.2, -0.15) is 18.2 Å². The van der Waals surface area contributed by atoms with E-state index in [1.54, 1.807) is 31.2 Å². The third-order valence-corrected chi connectivity index (χ3v) is 5.77. The van der Waals surface area contributed by atoms with Gasteiger partial charge in [-0.1, -0.05) is 28.5 Å². The third kappa shape index (κ3) is 4.83. The molecule has 3 heterocycles. The average molecular weight is 531 g/mol. The zero-order valence-electron chi connectivity index (χ0n) is 19.0. The van der Waals surface area contributed by atoms with E-state index >= 15 is 0 Å². The molecule has 4 rings (SSSR count). The fourth-order valence-electron chi connectivity index (χ4n) is 3.82. The number of halogens is 4. The van der Waals surface area contributed by atoms with E-state index in [0.29, 0.717) is 38.5 Å². The molecular weight excluding hydrogens is 509 g/mol. The molecule has 2 aromatic heterocycles. The van der Waals surface area contributed by atoms with Crippen molar-refractivity contribution in [1.82, 2.24) is 24.2 Å². The maximum absolute atomic E-state index is 13.4. The monoisotopic (exact) mass is 530 g/mol. The number of nitrogens with zero attached hydrogens (tertiary/aromatic N) is 5. The van der Waals surface area contributed by atoms with Crippen molar-refractivity contribution in [3.63, 3.8) is 0 Å². The summed E-state index contributed by atoms with van der Waals surface area (Å²) >= 11 is 6.43. The van der Waals surface area contributed by atoms with Crippen molar-refractivity contribution in [1.29, 1.82) is 0 Å². The fraction of sp³-hybridized carbons (Fsp3) is 0.429. The summed E-state index contributed by atoms with van der Waals surface area (Å²) in [5, 5.41) is 3.41. The number of ether oxygens (including phenoxy) is 1. The largest absolute Gasteiger partial charge is 0.493 e. The molecule has 0 spiro atoms. The van der Waals surface area contributed by atoms with Gasteiger partial charge >= 0.3 is 23.4 Å². The summed E-state index contributed by atoms with van der Waals surface area (Å²) in [5.74, 6) is -2.47. The van der Waals surface area contributed by atoms with Gasteiger partial charge in [0.1, 0.15) is 0 Å². The Kier molecular flexibility index (Phi) is 7.38. The second-order valence-electron chi connectivity index (χ2n) is 7.72. The lowest BCUT2D eigenvalue weighted by Crippen LogP contribution is -2.48. The highest BCUT2D eigenvalue weighted by Crippen LogP contribution is 2.29. The van der Waals surface area contributed by atoms with Crippen LogP contribution in [0.25, 0.3) is 16.9 Å². The highest BCUT2D eigenvalue weighted by atomic mass is 35.5. The van der Waals surface area contributed by atoms with E-state index in [2.05, 4.69) is 15.1 Å². The molecule has 0 saturated carbocycles. The van der Waals surface area contributed by atoms with Gasteiger partial charge < -0.3 is 19.8 Å². The first-order chi connectivity index (χ1) is 17.1. The minimum atomic E-state index is -5.44. The first-order valence-electron chi connectivity index (χ1n) is 11.0. The molecule has 36 heavy (non-hydrogen) atoms. The number of para-hydroxylation sites is 1. The Balaban J connectivity index is 2.06. The van der Waals surface area contributed by atoms with Crippen molar-refractivity contribution < 1.29 is 27.5 Å². The molecule has 1 aliphatic rings. The van der Waals surface area contributed by atoms with Gasteiger partial charge in [0.25, 0.3) is 0 Å². The number of aromatic nitrogens is 4.